The van der Waals surface area contributed by atoms with E-state index in [-0.39, 0.29) is 10.9 Å². The second kappa shape index (κ2) is 4.86. The van der Waals surface area contributed by atoms with Gasteiger partial charge < -0.3 is 10.2 Å². The lowest BCUT2D eigenvalue weighted by Crippen LogP contribution is -2.27. The van der Waals surface area contributed by atoms with Crippen LogP contribution < -0.4 is 10.9 Å². The zero-order valence-corrected chi connectivity index (χ0v) is 14.2. The number of hydrogen-bond acceptors (Lipinski definition) is 6. The van der Waals surface area contributed by atoms with Crippen molar-refractivity contribution in [2.24, 2.45) is 10.9 Å². The summed E-state index contributed by atoms with van der Waals surface area (Å²) in [7, 11) is 4.02. The van der Waals surface area contributed by atoms with E-state index in [1.54, 1.807) is 28.9 Å². The average molecular weight is 339 g/mol. The van der Waals surface area contributed by atoms with Crippen molar-refractivity contribution in [3.8, 4) is 0 Å². The lowest BCUT2D eigenvalue weighted by molar-refractivity contribution is 0.526. The summed E-state index contributed by atoms with van der Waals surface area (Å²) in [4.78, 5) is 24.9. The molecule has 3 aliphatic heterocycles. The molecule has 0 saturated heterocycles. The Morgan fingerprint density at radius 3 is 3.08 bits per heavy atom. The van der Waals surface area contributed by atoms with Gasteiger partial charge in [-0.2, -0.15) is 0 Å². The van der Waals surface area contributed by atoms with Crippen LogP contribution in [-0.2, 0) is 0 Å². The monoisotopic (exact) mass is 339 g/mol. The van der Waals surface area contributed by atoms with Gasteiger partial charge in [0.25, 0.3) is 5.56 Å². The maximum absolute atomic E-state index is 13.0. The molecular weight excluding hydrogens is 322 g/mol. The first-order chi connectivity index (χ1) is 11.6. The minimum Gasteiger partial charge on any atom is -0.377 e. The van der Waals surface area contributed by atoms with Crippen LogP contribution in [0, 0.1) is 5.92 Å². The molecule has 7 heteroatoms. The molecule has 3 unspecified atom stereocenters. The van der Waals surface area contributed by atoms with Crippen molar-refractivity contribution in [2.75, 3.05) is 14.1 Å². The van der Waals surface area contributed by atoms with Crippen molar-refractivity contribution in [1.82, 2.24) is 19.8 Å². The van der Waals surface area contributed by atoms with Crippen molar-refractivity contribution >= 4 is 29.2 Å². The first-order valence-corrected chi connectivity index (χ1v) is 8.89. The number of aromatic nitrogens is 2. The summed E-state index contributed by atoms with van der Waals surface area (Å²) >= 11 is 1.54. The standard InChI is InChI=1S/C17H17N5OS/c1-21(2)12-3-4-18-16-13(12)14-15(24-16)17(23)22(8-20-14)10-5-9-6-11(9)19-7-10/h3-5,7-9,11,16,18H,6H2,1-2H3. The highest BCUT2D eigenvalue weighted by molar-refractivity contribution is 8.00. The third-order valence-electron chi connectivity index (χ3n) is 4.80. The fourth-order valence-electron chi connectivity index (χ4n) is 3.42. The molecule has 1 N–H and O–H groups in total. The van der Waals surface area contributed by atoms with Crippen LogP contribution in [0.25, 0.3) is 11.3 Å². The third-order valence-corrected chi connectivity index (χ3v) is 6.01. The summed E-state index contributed by atoms with van der Waals surface area (Å²) in [6, 6.07) is 0.437. The van der Waals surface area contributed by atoms with E-state index in [9.17, 15) is 4.79 Å². The van der Waals surface area contributed by atoms with Crippen LogP contribution in [0.15, 0.2) is 45.1 Å². The fraction of sp³-hybridized carbons (Fsp3) is 0.353. The molecular formula is C17H17N5OS. The smallest absolute Gasteiger partial charge is 0.272 e. The van der Waals surface area contributed by atoms with Gasteiger partial charge in [0.2, 0.25) is 0 Å². The van der Waals surface area contributed by atoms with Gasteiger partial charge in [0.05, 0.1) is 17.4 Å². The van der Waals surface area contributed by atoms with Gasteiger partial charge in [-0.05, 0) is 18.7 Å². The Hall–Kier alpha value is -2.28. The predicted molar refractivity (Wildman–Crippen MR) is 95.7 cm³/mol. The summed E-state index contributed by atoms with van der Waals surface area (Å²) in [5.74, 6) is 0.495. The number of thioether (sulfide) groups is 1. The lowest BCUT2D eigenvalue weighted by Gasteiger charge is -2.24. The Morgan fingerprint density at radius 1 is 1.42 bits per heavy atom. The summed E-state index contributed by atoms with van der Waals surface area (Å²) < 4.78 is 1.63. The number of hydrogen-bond donors (Lipinski definition) is 1. The Bertz CT molecular complexity index is 923. The van der Waals surface area contributed by atoms with Crippen LogP contribution in [0.5, 0.6) is 0 Å². The molecule has 3 atom stereocenters. The highest BCUT2D eigenvalue weighted by Crippen LogP contribution is 2.44. The first-order valence-electron chi connectivity index (χ1n) is 8.01. The average Bonchev–Trinajstić information content (AvgIpc) is 3.25. The molecule has 122 valence electrons. The zero-order chi connectivity index (χ0) is 16.4. The van der Waals surface area contributed by atoms with E-state index in [2.05, 4.69) is 26.3 Å². The van der Waals surface area contributed by atoms with Crippen molar-refractivity contribution < 1.29 is 0 Å². The van der Waals surface area contributed by atoms with Gasteiger partial charge in [-0.3, -0.25) is 14.4 Å². The maximum atomic E-state index is 13.0. The maximum Gasteiger partial charge on any atom is 0.272 e. The van der Waals surface area contributed by atoms with Crippen molar-refractivity contribution in [3.63, 3.8) is 0 Å². The third kappa shape index (κ3) is 1.94. The number of nitrogens with zero attached hydrogens (tertiary/aromatic N) is 4. The number of allylic oxidation sites excluding steroid dienone is 2. The number of likely N-dealkylation sites (N-methyl/N-ethyl adjacent to an activating group) is 1. The fourth-order valence-corrected chi connectivity index (χ4v) is 4.62. The summed E-state index contributed by atoms with van der Waals surface area (Å²) in [5, 5.41) is 3.36. The quantitative estimate of drug-likeness (QED) is 0.882. The minimum atomic E-state index is -0.0105. The minimum absolute atomic E-state index is 0.0105. The number of aliphatic imine (C=N–C) groups is 1. The van der Waals surface area contributed by atoms with Gasteiger partial charge in [-0.25, -0.2) is 4.98 Å². The molecule has 1 aromatic rings. The normalized spacial score (nSPS) is 28.8. The van der Waals surface area contributed by atoms with Gasteiger partial charge in [-0.15, -0.1) is 0 Å². The second-order valence-electron chi connectivity index (χ2n) is 6.63. The first kappa shape index (κ1) is 14.1. The van der Waals surface area contributed by atoms with Crippen LogP contribution >= 0.6 is 11.8 Å². The Balaban J connectivity index is 1.65. The molecule has 24 heavy (non-hydrogen) atoms. The van der Waals surface area contributed by atoms with Crippen molar-refractivity contribution in [2.45, 2.75) is 22.7 Å². The number of fused-ring (bicyclic) bond motifs is 4. The van der Waals surface area contributed by atoms with Gasteiger partial charge in [0.1, 0.15) is 16.6 Å². The van der Waals surface area contributed by atoms with E-state index in [1.807, 2.05) is 26.4 Å². The molecule has 6 nitrogen and oxygen atoms in total. The topological polar surface area (TPSA) is 62.5 Å². The van der Waals surface area contributed by atoms with Crippen LogP contribution in [0.4, 0.5) is 0 Å². The molecule has 0 amide bonds. The Morgan fingerprint density at radius 2 is 2.29 bits per heavy atom. The summed E-state index contributed by atoms with van der Waals surface area (Å²) in [6.45, 7) is 0. The Kier molecular flexibility index (Phi) is 2.85. The highest BCUT2D eigenvalue weighted by atomic mass is 32.2. The zero-order valence-electron chi connectivity index (χ0n) is 13.4. The second-order valence-corrected chi connectivity index (χ2v) is 7.74. The molecule has 1 aromatic heterocycles. The lowest BCUT2D eigenvalue weighted by atomic mass is 10.1. The van der Waals surface area contributed by atoms with Crippen molar-refractivity contribution in [1.29, 1.82) is 0 Å². The highest BCUT2D eigenvalue weighted by Gasteiger charge is 2.38. The van der Waals surface area contributed by atoms with Gasteiger partial charge in [-0.1, -0.05) is 17.8 Å². The van der Waals surface area contributed by atoms with E-state index >= 15 is 0 Å². The molecule has 1 saturated carbocycles. The molecule has 5 rings (SSSR count). The molecule has 0 radical (unpaired) electrons. The van der Waals surface area contributed by atoms with E-state index < -0.39 is 0 Å². The van der Waals surface area contributed by atoms with E-state index in [0.29, 0.717) is 16.9 Å². The molecule has 1 fully saturated rings. The molecule has 4 heterocycles. The van der Waals surface area contributed by atoms with E-state index in [1.165, 1.54) is 0 Å². The van der Waals surface area contributed by atoms with E-state index in [4.69, 9.17) is 0 Å². The number of rotatable bonds is 2. The molecule has 0 aromatic carbocycles. The molecule has 1 aliphatic carbocycles. The van der Waals surface area contributed by atoms with Crippen LogP contribution in [0.3, 0.4) is 0 Å². The number of dihydropyridines is 2. The van der Waals surface area contributed by atoms with Gasteiger partial charge in [0.15, 0.2) is 0 Å². The van der Waals surface area contributed by atoms with Crippen LogP contribution in [0.1, 0.15) is 12.1 Å². The van der Waals surface area contributed by atoms with E-state index in [0.717, 1.165) is 29.1 Å². The van der Waals surface area contributed by atoms with Crippen LogP contribution in [0.2, 0.25) is 0 Å². The molecule has 0 bridgehead atoms. The van der Waals surface area contributed by atoms with Gasteiger partial charge in [0, 0.05) is 37.5 Å². The largest absolute Gasteiger partial charge is 0.377 e. The SMILES string of the molecule is CN(C)C1=C2c3ncn(C4=CC5CC5N=C4)c(=O)c3SC2NC=C1. The Labute approximate surface area is 143 Å². The summed E-state index contributed by atoms with van der Waals surface area (Å²) in [6.07, 6.45) is 10.6. The van der Waals surface area contributed by atoms with Gasteiger partial charge >= 0.3 is 0 Å². The van der Waals surface area contributed by atoms with Crippen LogP contribution in [-0.4, -0.2) is 46.2 Å². The molecule has 4 aliphatic rings. The van der Waals surface area contributed by atoms with Crippen molar-refractivity contribution in [3.05, 3.63) is 46.4 Å². The molecule has 0 spiro atoms. The number of nitrogens with one attached hydrogen (secondary N) is 1. The predicted octanol–water partition coefficient (Wildman–Crippen LogP) is 1.38. The summed E-state index contributed by atoms with van der Waals surface area (Å²) in [5.41, 5.74) is 3.81.